The number of rotatable bonds is 4. The fourth-order valence-electron chi connectivity index (χ4n) is 3.40. The molecular weight excluding hydrogens is 340 g/mol. The van der Waals surface area contributed by atoms with Gasteiger partial charge in [0, 0.05) is 35.5 Å². The van der Waals surface area contributed by atoms with E-state index < -0.39 is 0 Å². The van der Waals surface area contributed by atoms with Crippen molar-refractivity contribution in [2.75, 3.05) is 29.9 Å². The summed E-state index contributed by atoms with van der Waals surface area (Å²) in [6.45, 7) is 6.59. The summed E-state index contributed by atoms with van der Waals surface area (Å²) < 4.78 is 5.66. The summed E-state index contributed by atoms with van der Waals surface area (Å²) in [5.74, 6) is 0. The molecule has 0 spiro atoms. The summed E-state index contributed by atoms with van der Waals surface area (Å²) in [7, 11) is 0. The van der Waals surface area contributed by atoms with Gasteiger partial charge in [0.05, 0.1) is 30.1 Å². The molecule has 4 rings (SSSR count). The molecule has 0 amide bonds. The molecular formula is C21H22N4O2. The first-order chi connectivity index (χ1) is 13.1. The normalized spacial score (nSPS) is 17.1. The minimum absolute atomic E-state index is 0.227. The van der Waals surface area contributed by atoms with Crippen LogP contribution in [0.25, 0.3) is 10.9 Å². The van der Waals surface area contributed by atoms with E-state index in [1.54, 1.807) is 12.3 Å². The number of aldehydes is 1. The molecule has 1 aliphatic rings. The zero-order valence-corrected chi connectivity index (χ0v) is 15.5. The van der Waals surface area contributed by atoms with Gasteiger partial charge in [0.25, 0.3) is 0 Å². The van der Waals surface area contributed by atoms with Crippen LogP contribution in [-0.2, 0) is 4.74 Å². The van der Waals surface area contributed by atoms with E-state index in [-0.39, 0.29) is 6.10 Å². The number of morpholine rings is 1. The lowest BCUT2D eigenvalue weighted by Gasteiger charge is -2.33. The zero-order valence-electron chi connectivity index (χ0n) is 15.5. The van der Waals surface area contributed by atoms with Gasteiger partial charge in [-0.3, -0.25) is 14.8 Å². The lowest BCUT2D eigenvalue weighted by molar-refractivity contribution is 0.0532. The quantitative estimate of drug-likeness (QED) is 0.714. The van der Waals surface area contributed by atoms with Crippen molar-refractivity contribution in [2.45, 2.75) is 20.0 Å². The second-order valence-corrected chi connectivity index (χ2v) is 6.85. The fourth-order valence-corrected chi connectivity index (χ4v) is 3.40. The molecule has 0 saturated carbocycles. The Kier molecular flexibility index (Phi) is 4.73. The average Bonchev–Trinajstić information content (AvgIpc) is 2.68. The Bertz CT molecular complexity index is 972. The summed E-state index contributed by atoms with van der Waals surface area (Å²) in [6, 6.07) is 11.9. The average molecular weight is 362 g/mol. The SMILES string of the molecule is Cc1cc(Nc2ccc(C=O)nc2)c2cc(N3CCO[C@H](C)C3)ccc2n1. The highest BCUT2D eigenvalue weighted by Crippen LogP contribution is 2.30. The van der Waals surface area contributed by atoms with Gasteiger partial charge in [-0.25, -0.2) is 0 Å². The van der Waals surface area contributed by atoms with Gasteiger partial charge >= 0.3 is 0 Å². The van der Waals surface area contributed by atoms with E-state index in [1.165, 1.54) is 5.69 Å². The van der Waals surface area contributed by atoms with Crippen LogP contribution in [0, 0.1) is 6.92 Å². The number of ether oxygens (including phenoxy) is 1. The molecule has 0 bridgehead atoms. The zero-order chi connectivity index (χ0) is 18.8. The largest absolute Gasteiger partial charge is 0.375 e. The Morgan fingerprint density at radius 2 is 2.15 bits per heavy atom. The van der Waals surface area contributed by atoms with Gasteiger partial charge < -0.3 is 15.0 Å². The van der Waals surface area contributed by atoms with E-state index in [2.05, 4.69) is 45.3 Å². The third-order valence-corrected chi connectivity index (χ3v) is 4.71. The predicted molar refractivity (Wildman–Crippen MR) is 107 cm³/mol. The van der Waals surface area contributed by atoms with Crippen LogP contribution in [-0.4, -0.2) is 42.1 Å². The van der Waals surface area contributed by atoms with Crippen LogP contribution in [0.4, 0.5) is 17.1 Å². The van der Waals surface area contributed by atoms with Crippen LogP contribution >= 0.6 is 0 Å². The number of anilines is 3. The molecule has 3 heterocycles. The first kappa shape index (κ1) is 17.4. The van der Waals surface area contributed by atoms with Crippen molar-refractivity contribution in [2.24, 2.45) is 0 Å². The highest BCUT2D eigenvalue weighted by atomic mass is 16.5. The van der Waals surface area contributed by atoms with Gasteiger partial charge in [0.1, 0.15) is 5.69 Å². The molecule has 2 aromatic heterocycles. The number of fused-ring (bicyclic) bond motifs is 1. The van der Waals surface area contributed by atoms with E-state index in [9.17, 15) is 4.79 Å². The minimum Gasteiger partial charge on any atom is -0.375 e. The van der Waals surface area contributed by atoms with Crippen molar-refractivity contribution >= 4 is 34.3 Å². The molecule has 27 heavy (non-hydrogen) atoms. The van der Waals surface area contributed by atoms with Gasteiger partial charge in [-0.05, 0) is 50.2 Å². The molecule has 0 unspecified atom stereocenters. The molecule has 1 atom stereocenters. The van der Waals surface area contributed by atoms with Gasteiger partial charge in [-0.2, -0.15) is 0 Å². The molecule has 0 aliphatic carbocycles. The number of carbonyl (C=O) groups is 1. The Morgan fingerprint density at radius 1 is 1.26 bits per heavy atom. The molecule has 3 aromatic rings. The third kappa shape index (κ3) is 3.75. The number of nitrogens with one attached hydrogen (secondary N) is 1. The highest BCUT2D eigenvalue weighted by Gasteiger charge is 2.18. The van der Waals surface area contributed by atoms with Gasteiger partial charge in [-0.15, -0.1) is 0 Å². The summed E-state index contributed by atoms with van der Waals surface area (Å²) >= 11 is 0. The first-order valence-corrected chi connectivity index (χ1v) is 9.08. The second kappa shape index (κ2) is 7.32. The number of aromatic nitrogens is 2. The Balaban J connectivity index is 1.71. The van der Waals surface area contributed by atoms with Gasteiger partial charge in [0.2, 0.25) is 0 Å². The number of hydrogen-bond acceptors (Lipinski definition) is 6. The standard InChI is InChI=1S/C21H22N4O2/c1-14-9-21(24-16-3-4-17(13-26)22-11-16)19-10-18(5-6-20(19)23-14)25-7-8-27-15(2)12-25/h3-6,9-11,13,15H,7-8,12H2,1-2H3,(H,23,24)/t15-/m1/s1. The maximum absolute atomic E-state index is 10.8. The summed E-state index contributed by atoms with van der Waals surface area (Å²) in [4.78, 5) is 21.9. The highest BCUT2D eigenvalue weighted by molar-refractivity contribution is 5.95. The Hall–Kier alpha value is -2.99. The van der Waals surface area contributed by atoms with Crippen molar-refractivity contribution < 1.29 is 9.53 Å². The van der Waals surface area contributed by atoms with Gasteiger partial charge in [0.15, 0.2) is 6.29 Å². The van der Waals surface area contributed by atoms with E-state index in [1.807, 2.05) is 19.1 Å². The number of nitrogens with zero attached hydrogens (tertiary/aromatic N) is 3. The van der Waals surface area contributed by atoms with Crippen LogP contribution in [0.5, 0.6) is 0 Å². The van der Waals surface area contributed by atoms with Crippen molar-refractivity contribution in [3.63, 3.8) is 0 Å². The van der Waals surface area contributed by atoms with Crippen molar-refractivity contribution in [3.05, 3.63) is 54.0 Å². The molecule has 6 nitrogen and oxygen atoms in total. The van der Waals surface area contributed by atoms with Crippen molar-refractivity contribution in [1.29, 1.82) is 0 Å². The van der Waals surface area contributed by atoms with Gasteiger partial charge in [-0.1, -0.05) is 0 Å². The van der Waals surface area contributed by atoms with E-state index in [4.69, 9.17) is 4.74 Å². The maximum Gasteiger partial charge on any atom is 0.168 e. The fraction of sp³-hybridized carbons (Fsp3) is 0.286. The Morgan fingerprint density at radius 3 is 2.89 bits per heavy atom. The number of carbonyl (C=O) groups excluding carboxylic acids is 1. The predicted octanol–water partition coefficient (Wildman–Crippen LogP) is 3.72. The summed E-state index contributed by atoms with van der Waals surface area (Å²) in [5, 5.41) is 4.47. The van der Waals surface area contributed by atoms with Crippen LogP contribution in [0.15, 0.2) is 42.6 Å². The van der Waals surface area contributed by atoms with Crippen LogP contribution in [0.1, 0.15) is 23.1 Å². The third-order valence-electron chi connectivity index (χ3n) is 4.71. The number of hydrogen-bond donors (Lipinski definition) is 1. The van der Waals surface area contributed by atoms with Crippen molar-refractivity contribution in [1.82, 2.24) is 9.97 Å². The van der Waals surface area contributed by atoms with E-state index in [0.29, 0.717) is 5.69 Å². The molecule has 0 radical (unpaired) electrons. The number of pyridine rings is 2. The van der Waals surface area contributed by atoms with Crippen molar-refractivity contribution in [3.8, 4) is 0 Å². The molecule has 138 valence electrons. The minimum atomic E-state index is 0.227. The lowest BCUT2D eigenvalue weighted by Crippen LogP contribution is -2.41. The molecule has 1 fully saturated rings. The number of aryl methyl sites for hydroxylation is 1. The second-order valence-electron chi connectivity index (χ2n) is 6.85. The van der Waals surface area contributed by atoms with Crippen LogP contribution in [0.3, 0.4) is 0 Å². The maximum atomic E-state index is 10.8. The number of benzene rings is 1. The van der Waals surface area contributed by atoms with Crippen LogP contribution in [0.2, 0.25) is 0 Å². The van der Waals surface area contributed by atoms with E-state index in [0.717, 1.165) is 54.0 Å². The smallest absolute Gasteiger partial charge is 0.168 e. The molecule has 1 aromatic carbocycles. The molecule has 6 heteroatoms. The summed E-state index contributed by atoms with van der Waals surface area (Å²) in [6.07, 6.45) is 2.63. The first-order valence-electron chi connectivity index (χ1n) is 9.08. The Labute approximate surface area is 158 Å². The lowest BCUT2D eigenvalue weighted by atomic mass is 10.1. The monoisotopic (exact) mass is 362 g/mol. The summed E-state index contributed by atoms with van der Waals surface area (Å²) in [5.41, 5.74) is 5.27. The van der Waals surface area contributed by atoms with Crippen LogP contribution < -0.4 is 10.2 Å². The topological polar surface area (TPSA) is 67.4 Å². The molecule has 1 aliphatic heterocycles. The molecule has 1 N–H and O–H groups in total. The molecule has 1 saturated heterocycles. The van der Waals surface area contributed by atoms with E-state index >= 15 is 0 Å².